The van der Waals surface area contributed by atoms with Crippen LogP contribution in [0.5, 0.6) is 0 Å². The van der Waals surface area contributed by atoms with E-state index in [9.17, 15) is 38.2 Å². The van der Waals surface area contributed by atoms with Crippen LogP contribution in [0, 0.1) is 11.6 Å². The highest BCUT2D eigenvalue weighted by atomic mass is 35.5. The van der Waals surface area contributed by atoms with Crippen LogP contribution in [-0.2, 0) is 27.2 Å². The summed E-state index contributed by atoms with van der Waals surface area (Å²) in [5.74, 6) is -5.37. The highest BCUT2D eigenvalue weighted by Gasteiger charge is 2.25. The second-order valence-corrected chi connectivity index (χ2v) is 17.6. The summed E-state index contributed by atoms with van der Waals surface area (Å²) < 4.78 is 41.7. The van der Waals surface area contributed by atoms with Gasteiger partial charge in [0, 0.05) is 51.8 Å². The highest BCUT2D eigenvalue weighted by molar-refractivity contribution is 6.31. The van der Waals surface area contributed by atoms with E-state index in [4.69, 9.17) is 48.4 Å². The molecule has 0 bridgehead atoms. The van der Waals surface area contributed by atoms with Gasteiger partial charge in [-0.3, -0.25) is 4.79 Å². The zero-order chi connectivity index (χ0) is 54.0. The number of esters is 1. The van der Waals surface area contributed by atoms with Gasteiger partial charge >= 0.3 is 17.9 Å². The number of aliphatic hydroxyl groups is 2. The van der Waals surface area contributed by atoms with E-state index in [1.165, 1.54) is 48.5 Å². The second-order valence-electron chi connectivity index (χ2n) is 16.8. The number of rotatable bonds is 18. The van der Waals surface area contributed by atoms with Crippen LogP contribution in [0.15, 0.2) is 167 Å². The summed E-state index contributed by atoms with van der Waals surface area (Å²) in [4.78, 5) is 46.0. The summed E-state index contributed by atoms with van der Waals surface area (Å²) in [5, 5.41) is 48.7. The Labute approximate surface area is 446 Å². The van der Waals surface area contributed by atoms with Crippen LogP contribution >= 0.6 is 23.2 Å². The minimum Gasteiger partial charge on any atom is -0.479 e. The topological polar surface area (TPSA) is 249 Å². The number of aromatic nitrogens is 2. The third-order valence-electron chi connectivity index (χ3n) is 11.2. The molecule has 0 aliphatic rings. The molecule has 0 fully saturated rings. The minimum absolute atomic E-state index is 0. The van der Waals surface area contributed by atoms with Crippen molar-refractivity contribution >= 4 is 47.0 Å². The number of aliphatic hydroxyl groups excluding tert-OH is 2. The molecule has 0 spiro atoms. The third kappa shape index (κ3) is 17.3. The molecule has 4 atom stereocenters. The predicted molar refractivity (Wildman–Crippen MR) is 283 cm³/mol. The number of carbonyl (C=O) groups excluding carboxylic acids is 2. The molecule has 15 nitrogen and oxygen atoms in total. The van der Waals surface area contributed by atoms with E-state index in [1.807, 2.05) is 91.0 Å². The maximum Gasteiger partial charge on any atom is 0.374 e. The van der Waals surface area contributed by atoms with Gasteiger partial charge in [-0.05, 0) is 108 Å². The van der Waals surface area contributed by atoms with Crippen LogP contribution < -0.4 is 11.1 Å². The number of benzene rings is 6. The van der Waals surface area contributed by atoms with Crippen LogP contribution in [0.25, 0.3) is 44.8 Å². The maximum atomic E-state index is 14.0. The van der Waals surface area contributed by atoms with E-state index in [2.05, 4.69) is 20.2 Å². The van der Waals surface area contributed by atoms with Crippen molar-refractivity contribution in [2.24, 2.45) is 5.73 Å². The first-order valence-electron chi connectivity index (χ1n) is 23.2. The Hall–Kier alpha value is -8.06. The highest BCUT2D eigenvalue weighted by Crippen LogP contribution is 2.27. The lowest BCUT2D eigenvalue weighted by molar-refractivity contribution is -0.153. The van der Waals surface area contributed by atoms with E-state index in [0.29, 0.717) is 16.5 Å². The van der Waals surface area contributed by atoms with E-state index in [1.54, 1.807) is 25.1 Å². The van der Waals surface area contributed by atoms with Gasteiger partial charge in [0.25, 0.3) is 5.91 Å². The van der Waals surface area contributed by atoms with Crippen LogP contribution in [0.3, 0.4) is 0 Å². The summed E-state index contributed by atoms with van der Waals surface area (Å²) in [6.45, 7) is 1.95. The lowest BCUT2D eigenvalue weighted by Crippen LogP contribution is -2.40. The Morgan fingerprint density at radius 1 is 0.618 bits per heavy atom. The van der Waals surface area contributed by atoms with E-state index in [0.717, 1.165) is 33.4 Å². The van der Waals surface area contributed by atoms with Crippen molar-refractivity contribution in [3.05, 3.63) is 202 Å². The summed E-state index contributed by atoms with van der Waals surface area (Å²) in [6.07, 6.45) is -2.08. The maximum absolute atomic E-state index is 14.0. The van der Waals surface area contributed by atoms with Gasteiger partial charge in [0.2, 0.25) is 11.5 Å². The molecule has 0 saturated heterocycles. The molecule has 396 valence electrons. The van der Waals surface area contributed by atoms with E-state index in [-0.39, 0.29) is 73.4 Å². The Bertz CT molecular complexity index is 3190. The molecule has 0 saturated carbocycles. The standard InChI is InChI=1S/C27H22ClFN2O5.C19H22ClNO3.C10H6FNO3.CH4/c28-19-5-3-4-18(13-19)17-10-8-16(9-11-17)12-20(14-24(32)27(34)35)30-26(33)25-15-23(31-36-25)21-6-1-2-7-22(21)29;1-2-24-19(23)18(22)12-17(21)10-13-6-8-14(9-7-13)15-4-3-5-16(20)11-15;11-7-4-2-1-3-6(7)8-5-9(10(13)14)15-12-8;/h1-11,13,15,20,24,32H,12,14H2,(H,30,33)(H,34,35);3-9,11,17-18,22H,2,10,12,21H2,1H3;1-5H,(H,13,14);1H4/t20-,24-;17-,18-;;/m11../s1. The molecule has 19 heteroatoms. The van der Waals surface area contributed by atoms with Crippen molar-refractivity contribution in [1.82, 2.24) is 15.6 Å². The minimum atomic E-state index is -1.68. The van der Waals surface area contributed by atoms with E-state index < -0.39 is 53.7 Å². The number of carbonyl (C=O) groups is 4. The molecule has 76 heavy (non-hydrogen) atoms. The number of nitrogens with zero attached hydrogens (tertiary/aromatic N) is 2. The summed E-state index contributed by atoms with van der Waals surface area (Å²) >= 11 is 12.1. The quantitative estimate of drug-likeness (QED) is 0.0438. The molecule has 0 aliphatic heterocycles. The lowest BCUT2D eigenvalue weighted by Gasteiger charge is -2.20. The number of aliphatic carboxylic acids is 1. The Balaban J connectivity index is 0.000000229. The van der Waals surface area contributed by atoms with Crippen molar-refractivity contribution in [2.75, 3.05) is 6.61 Å². The summed E-state index contributed by atoms with van der Waals surface area (Å²) in [6, 6.07) is 43.9. The first kappa shape index (κ1) is 58.8. The SMILES string of the molecule is C.CCOC(=O)[C@H](O)C[C@H](N)Cc1ccc(-c2cccc(Cl)c2)cc1.O=C(N[C@H](Cc1ccc(-c2cccc(Cl)c2)cc1)C[C@@H](O)C(=O)O)c1cc(-c2ccccc2F)no1.O=C(O)c1cc(-c2ccccc2F)no1. The Kier molecular flexibility index (Phi) is 22.1. The van der Waals surface area contributed by atoms with Gasteiger partial charge in [-0.2, -0.15) is 0 Å². The normalized spacial score (nSPS) is 12.2. The van der Waals surface area contributed by atoms with Crippen molar-refractivity contribution in [2.45, 2.75) is 64.3 Å². The fourth-order valence-electron chi connectivity index (χ4n) is 7.46. The number of carboxylic acid groups (broad SMARTS) is 2. The van der Waals surface area contributed by atoms with Gasteiger partial charge < -0.3 is 45.3 Å². The molecule has 8 rings (SSSR count). The fraction of sp³-hybridized carbons (Fsp3) is 0.193. The van der Waals surface area contributed by atoms with Gasteiger partial charge in [-0.15, -0.1) is 0 Å². The molecule has 2 aromatic heterocycles. The molecule has 2 heterocycles. The van der Waals surface area contributed by atoms with Gasteiger partial charge in [0.05, 0.1) is 6.61 Å². The molecule has 1 amide bonds. The number of halogens is 4. The molecular formula is C57H54Cl2F2N4O11. The Morgan fingerprint density at radius 3 is 1.54 bits per heavy atom. The van der Waals surface area contributed by atoms with Gasteiger partial charge in [0.1, 0.15) is 23.0 Å². The number of hydrogen-bond donors (Lipinski definition) is 6. The fourth-order valence-corrected chi connectivity index (χ4v) is 7.85. The average Bonchev–Trinajstić information content (AvgIpc) is 4.10. The number of nitrogens with two attached hydrogens (primary N) is 1. The van der Waals surface area contributed by atoms with Crippen molar-refractivity contribution < 1.29 is 62.2 Å². The number of carboxylic acids is 2. The zero-order valence-electron chi connectivity index (χ0n) is 40.0. The van der Waals surface area contributed by atoms with Crippen molar-refractivity contribution in [3.8, 4) is 44.8 Å². The summed E-state index contributed by atoms with van der Waals surface area (Å²) in [7, 11) is 0. The monoisotopic (exact) mass is 1080 g/mol. The predicted octanol–water partition coefficient (Wildman–Crippen LogP) is 11.0. The number of nitrogens with one attached hydrogen (secondary N) is 1. The van der Waals surface area contributed by atoms with Crippen LogP contribution in [0.4, 0.5) is 8.78 Å². The number of amides is 1. The molecule has 7 N–H and O–H groups in total. The number of ether oxygens (including phenoxy) is 1. The van der Waals surface area contributed by atoms with Gasteiger partial charge in [0.15, 0.2) is 12.2 Å². The number of aromatic carboxylic acids is 1. The third-order valence-corrected chi connectivity index (χ3v) is 11.6. The second kappa shape index (κ2) is 28.6. The summed E-state index contributed by atoms with van der Waals surface area (Å²) in [5.41, 5.74) is 12.6. The van der Waals surface area contributed by atoms with Crippen LogP contribution in [-0.4, -0.2) is 85.5 Å². The van der Waals surface area contributed by atoms with Crippen molar-refractivity contribution in [1.29, 1.82) is 0 Å². The molecular weight excluding hydrogens is 1030 g/mol. The average molecular weight is 1080 g/mol. The molecule has 0 aliphatic carbocycles. The Morgan fingerprint density at radius 2 is 1.09 bits per heavy atom. The first-order valence-corrected chi connectivity index (χ1v) is 23.9. The van der Waals surface area contributed by atoms with Crippen molar-refractivity contribution in [3.63, 3.8) is 0 Å². The first-order chi connectivity index (χ1) is 36.0. The molecule has 0 radical (unpaired) electrons. The largest absolute Gasteiger partial charge is 0.479 e. The smallest absolute Gasteiger partial charge is 0.374 e. The molecule has 6 aromatic carbocycles. The van der Waals surface area contributed by atoms with Gasteiger partial charge in [-0.1, -0.05) is 138 Å². The van der Waals surface area contributed by atoms with Crippen LogP contribution in [0.2, 0.25) is 10.0 Å². The van der Waals surface area contributed by atoms with Gasteiger partial charge in [-0.25, -0.2) is 23.2 Å². The zero-order valence-corrected chi connectivity index (χ0v) is 41.5. The lowest BCUT2D eigenvalue weighted by atomic mass is 9.97. The molecule has 8 aromatic rings. The number of hydrogen-bond acceptors (Lipinski definition) is 12. The van der Waals surface area contributed by atoms with Crippen LogP contribution in [0.1, 0.15) is 59.4 Å². The molecule has 0 unspecified atom stereocenters. The van der Waals surface area contributed by atoms with E-state index >= 15 is 0 Å².